The van der Waals surface area contributed by atoms with E-state index in [2.05, 4.69) is 0 Å². The summed E-state index contributed by atoms with van der Waals surface area (Å²) in [6.07, 6.45) is 2.29. The van der Waals surface area contributed by atoms with E-state index in [9.17, 15) is 9.59 Å². The summed E-state index contributed by atoms with van der Waals surface area (Å²) in [4.78, 5) is 25.5. The number of hydrogen-bond acceptors (Lipinski definition) is 2. The average Bonchev–Trinajstić information content (AvgIpc) is 2.91. The lowest BCUT2D eigenvalue weighted by Gasteiger charge is -2.17. The maximum atomic E-state index is 13.1. The molecule has 0 saturated carbocycles. The van der Waals surface area contributed by atoms with Crippen LogP contribution in [0.1, 0.15) is 38.2 Å². The SMILES string of the molecule is C/C(CCCCC(=O)O)=C1\C(=O)N(c2ccccc2)c2ccccc21. The van der Waals surface area contributed by atoms with Gasteiger partial charge >= 0.3 is 5.97 Å². The summed E-state index contributed by atoms with van der Waals surface area (Å²) in [5, 5.41) is 8.75. The fourth-order valence-corrected chi connectivity index (χ4v) is 3.25. The molecule has 4 heteroatoms. The van der Waals surface area contributed by atoms with Crippen molar-refractivity contribution in [3.8, 4) is 0 Å². The highest BCUT2D eigenvalue weighted by Crippen LogP contribution is 2.43. The number of benzene rings is 2. The lowest BCUT2D eigenvalue weighted by Crippen LogP contribution is -2.20. The summed E-state index contributed by atoms with van der Waals surface area (Å²) in [7, 11) is 0. The predicted molar refractivity (Wildman–Crippen MR) is 98.7 cm³/mol. The van der Waals surface area contributed by atoms with E-state index in [1.807, 2.05) is 61.5 Å². The highest BCUT2D eigenvalue weighted by molar-refractivity contribution is 6.35. The van der Waals surface area contributed by atoms with Gasteiger partial charge in [-0.2, -0.15) is 0 Å². The number of carbonyl (C=O) groups is 2. The van der Waals surface area contributed by atoms with Crippen molar-refractivity contribution in [1.29, 1.82) is 0 Å². The second-order valence-electron chi connectivity index (χ2n) is 6.25. The zero-order valence-electron chi connectivity index (χ0n) is 14.2. The Balaban J connectivity index is 1.92. The van der Waals surface area contributed by atoms with Gasteiger partial charge in [-0.3, -0.25) is 14.5 Å². The molecule has 0 spiro atoms. The first kappa shape index (κ1) is 17.0. The molecule has 2 aromatic rings. The van der Waals surface area contributed by atoms with Gasteiger partial charge in [0, 0.05) is 23.2 Å². The molecule has 1 N–H and O–H groups in total. The number of carboxylic acids is 1. The first-order valence-electron chi connectivity index (χ1n) is 8.50. The summed E-state index contributed by atoms with van der Waals surface area (Å²) >= 11 is 0. The fraction of sp³-hybridized carbons (Fsp3) is 0.238. The third kappa shape index (κ3) is 3.48. The quantitative estimate of drug-likeness (QED) is 0.610. The molecule has 0 unspecified atom stereocenters. The molecule has 0 aromatic heterocycles. The van der Waals surface area contributed by atoms with Crippen LogP contribution < -0.4 is 4.90 Å². The third-order valence-electron chi connectivity index (χ3n) is 4.46. The van der Waals surface area contributed by atoms with Crippen molar-refractivity contribution in [2.75, 3.05) is 4.90 Å². The van der Waals surface area contributed by atoms with Crippen molar-refractivity contribution in [2.24, 2.45) is 0 Å². The molecule has 128 valence electrons. The summed E-state index contributed by atoms with van der Waals surface area (Å²) in [5.41, 5.74) is 4.47. The van der Waals surface area contributed by atoms with Crippen molar-refractivity contribution in [1.82, 2.24) is 0 Å². The van der Waals surface area contributed by atoms with Gasteiger partial charge in [0.05, 0.1) is 5.69 Å². The maximum absolute atomic E-state index is 13.1. The summed E-state index contributed by atoms with van der Waals surface area (Å²) in [5.74, 6) is -0.786. The molecule has 0 atom stereocenters. The van der Waals surface area contributed by atoms with Crippen LogP contribution in [0.15, 0.2) is 60.2 Å². The van der Waals surface area contributed by atoms with Crippen molar-refractivity contribution in [3.63, 3.8) is 0 Å². The molecule has 1 amide bonds. The fourth-order valence-electron chi connectivity index (χ4n) is 3.25. The van der Waals surface area contributed by atoms with Crippen LogP contribution in [0, 0.1) is 0 Å². The summed E-state index contributed by atoms with van der Waals surface area (Å²) in [6.45, 7) is 1.97. The van der Waals surface area contributed by atoms with E-state index >= 15 is 0 Å². The Morgan fingerprint density at radius 3 is 2.32 bits per heavy atom. The zero-order chi connectivity index (χ0) is 17.8. The van der Waals surface area contributed by atoms with E-state index in [1.54, 1.807) is 4.90 Å². The Morgan fingerprint density at radius 2 is 1.60 bits per heavy atom. The number of allylic oxidation sites excluding steroid dienone is 1. The van der Waals surface area contributed by atoms with Crippen molar-refractivity contribution >= 4 is 28.8 Å². The van der Waals surface area contributed by atoms with Crippen molar-refractivity contribution in [3.05, 3.63) is 65.7 Å². The lowest BCUT2D eigenvalue weighted by molar-refractivity contribution is -0.137. The minimum absolute atomic E-state index is 0.0110. The van der Waals surface area contributed by atoms with E-state index in [-0.39, 0.29) is 12.3 Å². The van der Waals surface area contributed by atoms with Gasteiger partial charge in [-0.1, -0.05) is 42.0 Å². The molecule has 3 rings (SSSR count). The van der Waals surface area contributed by atoms with E-state index in [4.69, 9.17) is 5.11 Å². The Morgan fingerprint density at radius 1 is 0.960 bits per heavy atom. The largest absolute Gasteiger partial charge is 0.481 e. The smallest absolute Gasteiger partial charge is 0.303 e. The summed E-state index contributed by atoms with van der Waals surface area (Å²) < 4.78 is 0. The minimum Gasteiger partial charge on any atom is -0.481 e. The van der Waals surface area contributed by atoms with Gasteiger partial charge in [0.15, 0.2) is 0 Å². The molecule has 0 fully saturated rings. The second kappa shape index (κ2) is 7.34. The third-order valence-corrected chi connectivity index (χ3v) is 4.46. The van der Waals surface area contributed by atoms with E-state index in [0.717, 1.165) is 40.9 Å². The predicted octanol–water partition coefficient (Wildman–Crippen LogP) is 4.78. The maximum Gasteiger partial charge on any atom is 0.303 e. The van der Waals surface area contributed by atoms with E-state index < -0.39 is 5.97 Å². The molecule has 0 aliphatic carbocycles. The van der Waals surface area contributed by atoms with Gasteiger partial charge < -0.3 is 5.11 Å². The molecule has 0 radical (unpaired) electrons. The number of fused-ring (bicyclic) bond motifs is 1. The van der Waals surface area contributed by atoms with E-state index in [0.29, 0.717) is 6.42 Å². The van der Waals surface area contributed by atoms with Gasteiger partial charge in [-0.05, 0) is 44.4 Å². The van der Waals surface area contributed by atoms with E-state index in [1.165, 1.54) is 0 Å². The number of carbonyl (C=O) groups excluding carboxylic acids is 1. The average molecular weight is 335 g/mol. The van der Waals surface area contributed by atoms with Crippen LogP contribution in [-0.4, -0.2) is 17.0 Å². The molecular formula is C21H21NO3. The minimum atomic E-state index is -0.775. The molecular weight excluding hydrogens is 314 g/mol. The van der Waals surface area contributed by atoms with Crippen LogP contribution in [-0.2, 0) is 9.59 Å². The van der Waals surface area contributed by atoms with Crippen molar-refractivity contribution in [2.45, 2.75) is 32.6 Å². The van der Waals surface area contributed by atoms with Crippen LogP contribution in [0.4, 0.5) is 11.4 Å². The molecule has 1 aliphatic rings. The monoisotopic (exact) mass is 335 g/mol. The Labute approximate surface area is 147 Å². The van der Waals surface area contributed by atoms with Crippen LogP contribution in [0.5, 0.6) is 0 Å². The number of nitrogens with zero attached hydrogens (tertiary/aromatic N) is 1. The summed E-state index contributed by atoms with van der Waals surface area (Å²) in [6, 6.07) is 17.5. The number of aliphatic carboxylic acids is 1. The number of rotatable bonds is 6. The van der Waals surface area contributed by atoms with Crippen LogP contribution in [0.2, 0.25) is 0 Å². The number of hydrogen-bond donors (Lipinski definition) is 1. The molecule has 4 nitrogen and oxygen atoms in total. The van der Waals surface area contributed by atoms with Gasteiger partial charge in [-0.15, -0.1) is 0 Å². The number of carboxylic acid groups (broad SMARTS) is 1. The van der Waals surface area contributed by atoms with Crippen LogP contribution >= 0.6 is 0 Å². The number of para-hydroxylation sites is 2. The zero-order valence-corrected chi connectivity index (χ0v) is 14.2. The second-order valence-corrected chi connectivity index (χ2v) is 6.25. The van der Waals surface area contributed by atoms with Gasteiger partial charge in [-0.25, -0.2) is 0 Å². The number of anilines is 2. The molecule has 0 bridgehead atoms. The van der Waals surface area contributed by atoms with Crippen molar-refractivity contribution < 1.29 is 14.7 Å². The molecule has 1 aliphatic heterocycles. The Kier molecular flexibility index (Phi) is 4.98. The topological polar surface area (TPSA) is 57.6 Å². The first-order chi connectivity index (χ1) is 12.1. The molecule has 1 heterocycles. The number of unbranched alkanes of at least 4 members (excludes halogenated alkanes) is 1. The van der Waals surface area contributed by atoms with Gasteiger partial charge in [0.1, 0.15) is 0 Å². The van der Waals surface area contributed by atoms with Gasteiger partial charge in [0.25, 0.3) is 5.91 Å². The highest BCUT2D eigenvalue weighted by Gasteiger charge is 2.34. The molecule has 0 saturated heterocycles. The van der Waals surface area contributed by atoms with Crippen LogP contribution in [0.25, 0.3) is 5.57 Å². The first-order valence-corrected chi connectivity index (χ1v) is 8.50. The Bertz CT molecular complexity index is 824. The standard InChI is InChI=1S/C21H21NO3/c1-15(9-5-8-14-19(23)24)20-17-12-6-7-13-18(17)22(21(20)25)16-10-3-2-4-11-16/h2-4,6-7,10-13H,5,8-9,14H2,1H3,(H,23,24)/b20-15+. The van der Waals surface area contributed by atoms with Crippen LogP contribution in [0.3, 0.4) is 0 Å². The lowest BCUT2D eigenvalue weighted by atomic mass is 9.98. The highest BCUT2D eigenvalue weighted by atomic mass is 16.4. The Hall–Kier alpha value is -2.88. The molecule has 25 heavy (non-hydrogen) atoms. The van der Waals surface area contributed by atoms with Gasteiger partial charge in [0.2, 0.25) is 0 Å². The normalized spacial score (nSPS) is 15.2. The number of amides is 1. The molecule has 2 aromatic carbocycles.